The quantitative estimate of drug-likeness (QED) is 0.367. The van der Waals surface area contributed by atoms with E-state index in [0.29, 0.717) is 11.8 Å². The molecule has 0 bridgehead atoms. The summed E-state index contributed by atoms with van der Waals surface area (Å²) in [6, 6.07) is 0. The summed E-state index contributed by atoms with van der Waals surface area (Å²) in [6.07, 6.45) is 6.42. The minimum atomic E-state index is 0. The van der Waals surface area contributed by atoms with Gasteiger partial charge in [0.2, 0.25) is 0 Å². The summed E-state index contributed by atoms with van der Waals surface area (Å²) in [5.41, 5.74) is 0. The molecular formula is C10H20IN. The summed E-state index contributed by atoms with van der Waals surface area (Å²) >= 11 is 0. The molecule has 0 N–H and O–H groups in total. The molecule has 0 aromatic carbocycles. The highest BCUT2D eigenvalue weighted by atomic mass is 127. The van der Waals surface area contributed by atoms with E-state index in [1.807, 2.05) is 12.4 Å². The molecular weight excluding hydrogens is 261 g/mol. The molecule has 0 fully saturated rings. The minimum Gasteiger partial charge on any atom is -1.00 e. The van der Waals surface area contributed by atoms with E-state index in [9.17, 15) is 0 Å². The zero-order valence-corrected chi connectivity index (χ0v) is 10.7. The van der Waals surface area contributed by atoms with E-state index in [1.165, 1.54) is 12.8 Å². The van der Waals surface area contributed by atoms with Crippen LogP contribution in [0.5, 0.6) is 0 Å². The summed E-state index contributed by atoms with van der Waals surface area (Å²) in [7, 11) is 0. The second-order valence-electron chi connectivity index (χ2n) is 3.22. The molecule has 0 heterocycles. The van der Waals surface area contributed by atoms with Gasteiger partial charge < -0.3 is 24.0 Å². The van der Waals surface area contributed by atoms with Crippen LogP contribution in [-0.4, -0.2) is 12.4 Å². The standard InChI is InChI=1S/C10H20N.HI/c1-5-9(3)7-11-8-10(4)6-2;/h7-10H,5-6H2,1-4H3;1H/q+1;/p-1. The van der Waals surface area contributed by atoms with Crippen molar-refractivity contribution in [2.75, 3.05) is 0 Å². The molecule has 0 saturated carbocycles. The average molecular weight is 281 g/mol. The third-order valence-corrected chi connectivity index (χ3v) is 1.97. The van der Waals surface area contributed by atoms with Crippen LogP contribution in [0.1, 0.15) is 40.5 Å². The van der Waals surface area contributed by atoms with E-state index in [4.69, 9.17) is 0 Å². The van der Waals surface area contributed by atoms with Crippen LogP contribution in [0.25, 0.3) is 0 Å². The van der Waals surface area contributed by atoms with Gasteiger partial charge in [-0.3, -0.25) is 0 Å². The zero-order valence-electron chi connectivity index (χ0n) is 8.55. The second-order valence-corrected chi connectivity index (χ2v) is 3.22. The fraction of sp³-hybridized carbons (Fsp3) is 0.800. The van der Waals surface area contributed by atoms with Gasteiger partial charge in [0.25, 0.3) is 12.4 Å². The monoisotopic (exact) mass is 281 g/mol. The van der Waals surface area contributed by atoms with Crippen LogP contribution in [0.15, 0.2) is 0 Å². The maximum absolute atomic E-state index is 4.26. The van der Waals surface area contributed by atoms with Gasteiger partial charge in [-0.05, 0) is 12.8 Å². The van der Waals surface area contributed by atoms with Crippen LogP contribution in [0.3, 0.4) is 0 Å². The van der Waals surface area contributed by atoms with Crippen molar-refractivity contribution >= 4 is 12.4 Å². The number of halogens is 1. The molecule has 2 atom stereocenters. The largest absolute Gasteiger partial charge is 1.00 e. The van der Waals surface area contributed by atoms with Crippen molar-refractivity contribution in [3.63, 3.8) is 0 Å². The van der Waals surface area contributed by atoms with E-state index >= 15 is 0 Å². The zero-order chi connectivity index (χ0) is 8.69. The first-order chi connectivity index (χ1) is 5.20. The van der Waals surface area contributed by atoms with E-state index in [2.05, 4.69) is 32.4 Å². The van der Waals surface area contributed by atoms with Crippen molar-refractivity contribution in [2.45, 2.75) is 40.5 Å². The molecule has 1 nitrogen and oxygen atoms in total. The summed E-state index contributed by atoms with van der Waals surface area (Å²) < 4.78 is 4.26. The number of hydrogen-bond acceptors (Lipinski definition) is 0. The predicted molar refractivity (Wildman–Crippen MR) is 53.2 cm³/mol. The molecule has 0 saturated heterocycles. The molecule has 12 heavy (non-hydrogen) atoms. The lowest BCUT2D eigenvalue weighted by molar-refractivity contribution is -0.00000264. The summed E-state index contributed by atoms with van der Waals surface area (Å²) in [5, 5.41) is 0. The van der Waals surface area contributed by atoms with Gasteiger partial charge in [0.15, 0.2) is 0 Å². The average Bonchev–Trinajstić information content (AvgIpc) is 2.04. The molecule has 0 aliphatic carbocycles. The smallest absolute Gasteiger partial charge is 0.271 e. The summed E-state index contributed by atoms with van der Waals surface area (Å²) in [6.45, 7) is 8.74. The van der Waals surface area contributed by atoms with Crippen LogP contribution in [0.4, 0.5) is 0 Å². The molecule has 0 aromatic rings. The molecule has 2 heteroatoms. The third-order valence-electron chi connectivity index (χ3n) is 1.97. The first-order valence-electron chi connectivity index (χ1n) is 4.57. The predicted octanol–water partition coefficient (Wildman–Crippen LogP) is -0.709. The maximum Gasteiger partial charge on any atom is 0.271 e. The fourth-order valence-electron chi connectivity index (χ4n) is 0.554. The van der Waals surface area contributed by atoms with Crippen LogP contribution < -0.4 is 28.6 Å². The number of rotatable bonds is 4. The molecule has 0 amide bonds. The van der Waals surface area contributed by atoms with Crippen molar-refractivity contribution < 1.29 is 24.0 Å². The molecule has 0 aromatic heterocycles. The number of hydrogen-bond donors (Lipinski definition) is 0. The van der Waals surface area contributed by atoms with E-state index < -0.39 is 0 Å². The van der Waals surface area contributed by atoms with Gasteiger partial charge in [-0.15, -0.1) is 4.67 Å². The van der Waals surface area contributed by atoms with Crippen molar-refractivity contribution in [3.05, 3.63) is 0 Å². The van der Waals surface area contributed by atoms with Crippen molar-refractivity contribution in [1.29, 1.82) is 0 Å². The molecule has 0 rings (SSSR count). The topological polar surface area (TPSA) is 14.1 Å². The third kappa shape index (κ3) is 8.28. The first-order valence-corrected chi connectivity index (χ1v) is 4.57. The molecule has 0 spiro atoms. The Labute approximate surface area is 93.4 Å². The highest BCUT2D eigenvalue weighted by molar-refractivity contribution is 5.68. The molecule has 2 unspecified atom stereocenters. The Hall–Kier alpha value is 0.180. The van der Waals surface area contributed by atoms with Gasteiger partial charge in [0.1, 0.15) is 0 Å². The maximum atomic E-state index is 4.26. The van der Waals surface area contributed by atoms with Gasteiger partial charge in [-0.2, -0.15) is 0 Å². The molecule has 72 valence electrons. The van der Waals surface area contributed by atoms with Gasteiger partial charge in [-0.25, -0.2) is 0 Å². The summed E-state index contributed by atoms with van der Waals surface area (Å²) in [4.78, 5) is 0. The highest BCUT2D eigenvalue weighted by Crippen LogP contribution is 1.94. The van der Waals surface area contributed by atoms with E-state index in [1.54, 1.807) is 0 Å². The van der Waals surface area contributed by atoms with Crippen molar-refractivity contribution in [2.24, 2.45) is 11.8 Å². The van der Waals surface area contributed by atoms with Gasteiger partial charge >= 0.3 is 0 Å². The van der Waals surface area contributed by atoms with E-state index in [0.717, 1.165) is 0 Å². The Bertz CT molecular complexity index is 134. The molecule has 0 aliphatic rings. The summed E-state index contributed by atoms with van der Waals surface area (Å²) in [5.74, 6) is 1.24. The normalized spacial score (nSPS) is 13.7. The van der Waals surface area contributed by atoms with Crippen LogP contribution in [0, 0.1) is 11.8 Å². The highest BCUT2D eigenvalue weighted by Gasteiger charge is 2.00. The van der Waals surface area contributed by atoms with Crippen molar-refractivity contribution in [3.8, 4) is 0 Å². The Balaban J connectivity index is 0. The second kappa shape index (κ2) is 9.27. The Kier molecular flexibility index (Phi) is 11.3. The SMILES string of the molecule is CCC(C)C=[N+]=CC(C)CC.[I-]. The lowest BCUT2D eigenvalue weighted by Crippen LogP contribution is -3.00. The van der Waals surface area contributed by atoms with Gasteiger partial charge in [0, 0.05) is 0 Å². The lowest BCUT2D eigenvalue weighted by atomic mass is 10.1. The Morgan fingerprint density at radius 2 is 1.33 bits per heavy atom. The lowest BCUT2D eigenvalue weighted by Gasteiger charge is -1.89. The van der Waals surface area contributed by atoms with Gasteiger partial charge in [-0.1, -0.05) is 27.7 Å². The first kappa shape index (κ1) is 14.7. The van der Waals surface area contributed by atoms with Gasteiger partial charge in [0.05, 0.1) is 11.8 Å². The Morgan fingerprint density at radius 3 is 1.58 bits per heavy atom. The Morgan fingerprint density at radius 1 is 1.00 bits per heavy atom. The van der Waals surface area contributed by atoms with Crippen LogP contribution >= 0.6 is 0 Å². The van der Waals surface area contributed by atoms with Crippen molar-refractivity contribution in [1.82, 2.24) is 4.67 Å². The fourth-order valence-corrected chi connectivity index (χ4v) is 0.554. The minimum absolute atomic E-state index is 0. The van der Waals surface area contributed by atoms with E-state index in [-0.39, 0.29) is 24.0 Å². The molecule has 0 radical (unpaired) electrons. The van der Waals surface area contributed by atoms with Crippen LogP contribution in [0.2, 0.25) is 0 Å². The van der Waals surface area contributed by atoms with Crippen LogP contribution in [-0.2, 0) is 0 Å². The number of nitrogens with zero attached hydrogens (tertiary/aromatic N) is 1. The molecule has 0 aliphatic heterocycles.